The SMILES string of the molecule is CCC(O)/C=C/CCCCC(=O)O. The molecule has 0 saturated heterocycles. The van der Waals surface area contributed by atoms with E-state index in [2.05, 4.69) is 0 Å². The highest BCUT2D eigenvalue weighted by Gasteiger charge is 1.95. The maximum absolute atomic E-state index is 10.1. The van der Waals surface area contributed by atoms with Crippen molar-refractivity contribution in [2.24, 2.45) is 0 Å². The van der Waals surface area contributed by atoms with Crippen LogP contribution in [0.2, 0.25) is 0 Å². The number of aliphatic carboxylic acids is 1. The van der Waals surface area contributed by atoms with Crippen molar-refractivity contribution in [3.8, 4) is 0 Å². The normalized spacial score (nSPS) is 13.4. The van der Waals surface area contributed by atoms with Gasteiger partial charge in [0.15, 0.2) is 0 Å². The summed E-state index contributed by atoms with van der Waals surface area (Å²) in [5.41, 5.74) is 0. The van der Waals surface area contributed by atoms with Gasteiger partial charge in [-0.05, 0) is 25.7 Å². The van der Waals surface area contributed by atoms with Gasteiger partial charge in [0.2, 0.25) is 0 Å². The number of hydrogen-bond donors (Lipinski definition) is 2. The molecule has 0 aromatic heterocycles. The molecule has 0 fully saturated rings. The van der Waals surface area contributed by atoms with Gasteiger partial charge < -0.3 is 10.2 Å². The fourth-order valence-corrected chi connectivity index (χ4v) is 0.928. The molecular weight excluding hydrogens is 168 g/mol. The van der Waals surface area contributed by atoms with Crippen LogP contribution in [-0.2, 0) is 4.79 Å². The van der Waals surface area contributed by atoms with Crippen LogP contribution in [-0.4, -0.2) is 22.3 Å². The van der Waals surface area contributed by atoms with Gasteiger partial charge in [-0.1, -0.05) is 19.1 Å². The predicted octanol–water partition coefficient (Wildman–Crippen LogP) is 1.96. The summed E-state index contributed by atoms with van der Waals surface area (Å²) in [7, 11) is 0. The molecule has 3 nitrogen and oxygen atoms in total. The fraction of sp³-hybridized carbons (Fsp3) is 0.700. The van der Waals surface area contributed by atoms with Crippen molar-refractivity contribution in [1.82, 2.24) is 0 Å². The van der Waals surface area contributed by atoms with Gasteiger partial charge in [-0.15, -0.1) is 0 Å². The van der Waals surface area contributed by atoms with E-state index < -0.39 is 5.97 Å². The highest BCUT2D eigenvalue weighted by atomic mass is 16.4. The van der Waals surface area contributed by atoms with E-state index in [1.807, 2.05) is 13.0 Å². The molecular formula is C10H18O3. The summed E-state index contributed by atoms with van der Waals surface area (Å²) in [6.07, 6.45) is 6.73. The van der Waals surface area contributed by atoms with E-state index in [-0.39, 0.29) is 12.5 Å². The maximum Gasteiger partial charge on any atom is 0.303 e. The average Bonchev–Trinajstić information content (AvgIpc) is 2.10. The molecule has 0 aliphatic carbocycles. The number of allylic oxidation sites excluding steroid dienone is 1. The van der Waals surface area contributed by atoms with Crippen LogP contribution in [0.4, 0.5) is 0 Å². The van der Waals surface area contributed by atoms with Crippen LogP contribution >= 0.6 is 0 Å². The van der Waals surface area contributed by atoms with Gasteiger partial charge in [0, 0.05) is 6.42 Å². The van der Waals surface area contributed by atoms with Crippen molar-refractivity contribution in [3.05, 3.63) is 12.2 Å². The second kappa shape index (κ2) is 7.80. The number of aliphatic hydroxyl groups is 1. The van der Waals surface area contributed by atoms with Crippen LogP contribution in [0.1, 0.15) is 39.0 Å². The van der Waals surface area contributed by atoms with Crippen molar-refractivity contribution >= 4 is 5.97 Å². The first-order valence-electron chi connectivity index (χ1n) is 4.73. The van der Waals surface area contributed by atoms with Gasteiger partial charge in [-0.25, -0.2) is 0 Å². The number of unbranched alkanes of at least 4 members (excludes halogenated alkanes) is 2. The minimum absolute atomic E-state index is 0.240. The Bertz CT molecular complexity index is 164. The molecule has 2 N–H and O–H groups in total. The Labute approximate surface area is 79.1 Å². The molecule has 0 saturated carbocycles. The minimum atomic E-state index is -0.738. The number of carboxylic acids is 1. The van der Waals surface area contributed by atoms with Crippen molar-refractivity contribution in [2.45, 2.75) is 45.1 Å². The Kier molecular flexibility index (Phi) is 7.30. The largest absolute Gasteiger partial charge is 0.481 e. The van der Waals surface area contributed by atoms with Crippen LogP contribution in [0.3, 0.4) is 0 Å². The molecule has 76 valence electrons. The number of hydrogen-bond acceptors (Lipinski definition) is 2. The van der Waals surface area contributed by atoms with Crippen molar-refractivity contribution in [3.63, 3.8) is 0 Å². The Morgan fingerprint density at radius 2 is 2.15 bits per heavy atom. The first-order chi connectivity index (χ1) is 6.16. The van der Waals surface area contributed by atoms with Gasteiger partial charge in [0.05, 0.1) is 6.10 Å². The Balaban J connectivity index is 3.25. The Morgan fingerprint density at radius 1 is 1.46 bits per heavy atom. The molecule has 0 heterocycles. The zero-order valence-corrected chi connectivity index (χ0v) is 8.07. The molecule has 0 radical (unpaired) electrons. The van der Waals surface area contributed by atoms with Crippen molar-refractivity contribution in [1.29, 1.82) is 0 Å². The molecule has 0 aliphatic heterocycles. The third kappa shape index (κ3) is 9.08. The summed E-state index contributed by atoms with van der Waals surface area (Å²) in [6.45, 7) is 1.92. The first-order valence-corrected chi connectivity index (χ1v) is 4.73. The van der Waals surface area contributed by atoms with Gasteiger partial charge in [-0.3, -0.25) is 4.79 Å². The highest BCUT2D eigenvalue weighted by molar-refractivity contribution is 5.66. The molecule has 0 bridgehead atoms. The second-order valence-corrected chi connectivity index (χ2v) is 3.04. The highest BCUT2D eigenvalue weighted by Crippen LogP contribution is 2.02. The Hall–Kier alpha value is -0.830. The van der Waals surface area contributed by atoms with Crippen LogP contribution in [0, 0.1) is 0 Å². The second-order valence-electron chi connectivity index (χ2n) is 3.04. The quantitative estimate of drug-likeness (QED) is 0.472. The van der Waals surface area contributed by atoms with Gasteiger partial charge in [0.1, 0.15) is 0 Å². The van der Waals surface area contributed by atoms with Gasteiger partial charge in [0.25, 0.3) is 0 Å². The lowest BCUT2D eigenvalue weighted by atomic mass is 10.1. The third-order valence-corrected chi connectivity index (χ3v) is 1.79. The lowest BCUT2D eigenvalue weighted by molar-refractivity contribution is -0.137. The van der Waals surface area contributed by atoms with E-state index in [0.717, 1.165) is 19.3 Å². The van der Waals surface area contributed by atoms with Crippen LogP contribution < -0.4 is 0 Å². The standard InChI is InChI=1S/C10H18O3/c1-2-9(11)7-5-3-4-6-8-10(12)13/h5,7,9,11H,2-4,6,8H2,1H3,(H,12,13)/b7-5+. The molecule has 0 aliphatic rings. The van der Waals surface area contributed by atoms with Gasteiger partial charge >= 0.3 is 5.97 Å². The maximum atomic E-state index is 10.1. The van der Waals surface area contributed by atoms with Crippen LogP contribution in [0.5, 0.6) is 0 Å². The lowest BCUT2D eigenvalue weighted by Crippen LogP contribution is -1.97. The van der Waals surface area contributed by atoms with Crippen LogP contribution in [0.15, 0.2) is 12.2 Å². The zero-order chi connectivity index (χ0) is 10.1. The number of carboxylic acid groups (broad SMARTS) is 1. The molecule has 0 spiro atoms. The first kappa shape index (κ1) is 12.2. The molecule has 0 amide bonds. The molecule has 13 heavy (non-hydrogen) atoms. The predicted molar refractivity (Wildman–Crippen MR) is 51.5 cm³/mol. The van der Waals surface area contributed by atoms with Crippen molar-refractivity contribution < 1.29 is 15.0 Å². The van der Waals surface area contributed by atoms with E-state index in [1.54, 1.807) is 6.08 Å². The summed E-state index contributed by atoms with van der Waals surface area (Å²) < 4.78 is 0. The van der Waals surface area contributed by atoms with Gasteiger partial charge in [-0.2, -0.15) is 0 Å². The summed E-state index contributed by atoms with van der Waals surface area (Å²) in [5, 5.41) is 17.5. The monoisotopic (exact) mass is 186 g/mol. The number of rotatable bonds is 7. The molecule has 3 heteroatoms. The summed E-state index contributed by atoms with van der Waals surface area (Å²) >= 11 is 0. The molecule has 0 rings (SSSR count). The van der Waals surface area contributed by atoms with E-state index in [4.69, 9.17) is 10.2 Å². The smallest absolute Gasteiger partial charge is 0.303 e. The van der Waals surface area contributed by atoms with Crippen molar-refractivity contribution in [2.75, 3.05) is 0 Å². The van der Waals surface area contributed by atoms with E-state index in [1.165, 1.54) is 0 Å². The average molecular weight is 186 g/mol. The summed E-state index contributed by atoms with van der Waals surface area (Å²) in [5.74, 6) is -0.738. The molecule has 0 aromatic carbocycles. The lowest BCUT2D eigenvalue weighted by Gasteiger charge is -1.98. The number of aliphatic hydroxyl groups excluding tert-OH is 1. The summed E-state index contributed by atoms with van der Waals surface area (Å²) in [4.78, 5) is 10.1. The molecule has 1 unspecified atom stereocenters. The van der Waals surface area contributed by atoms with E-state index >= 15 is 0 Å². The van der Waals surface area contributed by atoms with E-state index in [0.29, 0.717) is 6.42 Å². The topological polar surface area (TPSA) is 57.5 Å². The Morgan fingerprint density at radius 3 is 2.69 bits per heavy atom. The molecule has 0 aromatic rings. The van der Waals surface area contributed by atoms with E-state index in [9.17, 15) is 4.79 Å². The number of carbonyl (C=O) groups is 1. The zero-order valence-electron chi connectivity index (χ0n) is 8.07. The minimum Gasteiger partial charge on any atom is -0.481 e. The molecule has 1 atom stereocenters. The van der Waals surface area contributed by atoms with Crippen LogP contribution in [0.25, 0.3) is 0 Å². The fourth-order valence-electron chi connectivity index (χ4n) is 0.928. The third-order valence-electron chi connectivity index (χ3n) is 1.79. The summed E-state index contributed by atoms with van der Waals surface area (Å²) in [6, 6.07) is 0.